The number of hydrogen-bond acceptors (Lipinski definition) is 4. The molecule has 106 valence electrons. The number of thiophene rings is 1. The van der Waals surface area contributed by atoms with Crippen LogP contribution in [0.4, 0.5) is 5.69 Å². The molecule has 1 aliphatic rings. The first-order valence-electron chi connectivity index (χ1n) is 6.48. The van der Waals surface area contributed by atoms with E-state index in [1.807, 2.05) is 17.5 Å². The molecule has 0 amide bonds. The summed E-state index contributed by atoms with van der Waals surface area (Å²) < 4.78 is 27.2. The molecule has 0 saturated heterocycles. The molecule has 2 N–H and O–H groups in total. The predicted octanol–water partition coefficient (Wildman–Crippen LogP) is 2.68. The van der Waals surface area contributed by atoms with Crippen LogP contribution in [0, 0.1) is 0 Å². The molecule has 1 aliphatic carbocycles. The largest absolute Gasteiger partial charge is 0.398 e. The summed E-state index contributed by atoms with van der Waals surface area (Å²) in [4.78, 5) is 1.26. The van der Waals surface area contributed by atoms with Gasteiger partial charge in [0.1, 0.15) is 4.90 Å². The van der Waals surface area contributed by atoms with E-state index in [-0.39, 0.29) is 10.9 Å². The molecule has 3 rings (SSSR count). The number of benzene rings is 1. The van der Waals surface area contributed by atoms with Crippen LogP contribution in [-0.4, -0.2) is 18.8 Å². The average molecular weight is 308 g/mol. The molecule has 0 aliphatic heterocycles. The lowest BCUT2D eigenvalue weighted by Crippen LogP contribution is -2.32. The predicted molar refractivity (Wildman–Crippen MR) is 80.9 cm³/mol. The van der Waals surface area contributed by atoms with Gasteiger partial charge in [0.15, 0.2) is 0 Å². The van der Waals surface area contributed by atoms with Crippen LogP contribution in [0.1, 0.15) is 17.7 Å². The summed E-state index contributed by atoms with van der Waals surface area (Å²) in [6.45, 7) is 0.430. The standard InChI is InChI=1S/C14H16N2O2S2/c15-13-5-1-2-6-14(13)20(17,18)16(11-7-8-11)10-12-4-3-9-19-12/h1-6,9,11H,7-8,10,15H2. The Labute approximate surface area is 122 Å². The Morgan fingerprint density at radius 1 is 1.20 bits per heavy atom. The molecule has 1 fully saturated rings. The Hall–Kier alpha value is -1.37. The van der Waals surface area contributed by atoms with Gasteiger partial charge in [0.2, 0.25) is 10.0 Å². The minimum Gasteiger partial charge on any atom is -0.398 e. The van der Waals surface area contributed by atoms with Crippen LogP contribution in [0.3, 0.4) is 0 Å². The Balaban J connectivity index is 1.96. The van der Waals surface area contributed by atoms with E-state index in [9.17, 15) is 8.42 Å². The van der Waals surface area contributed by atoms with Gasteiger partial charge in [0.05, 0.1) is 5.69 Å². The van der Waals surface area contributed by atoms with Crippen molar-refractivity contribution in [3.63, 3.8) is 0 Å². The Bertz CT molecular complexity index is 692. The average Bonchev–Trinajstić information content (AvgIpc) is 3.12. The molecular weight excluding hydrogens is 292 g/mol. The number of para-hydroxylation sites is 1. The van der Waals surface area contributed by atoms with Crippen LogP contribution in [0.15, 0.2) is 46.7 Å². The van der Waals surface area contributed by atoms with Crippen molar-refractivity contribution in [2.45, 2.75) is 30.3 Å². The van der Waals surface area contributed by atoms with E-state index in [1.165, 1.54) is 0 Å². The fourth-order valence-electron chi connectivity index (χ4n) is 2.17. The van der Waals surface area contributed by atoms with Crippen molar-refractivity contribution in [3.05, 3.63) is 46.7 Å². The summed E-state index contributed by atoms with van der Waals surface area (Å²) in [5.74, 6) is 0. The molecular formula is C14H16N2O2S2. The summed E-state index contributed by atoms with van der Waals surface area (Å²) in [5, 5.41) is 1.96. The van der Waals surface area contributed by atoms with Crippen LogP contribution >= 0.6 is 11.3 Å². The van der Waals surface area contributed by atoms with Crippen molar-refractivity contribution in [3.8, 4) is 0 Å². The van der Waals surface area contributed by atoms with Gasteiger partial charge in [-0.2, -0.15) is 4.31 Å². The van der Waals surface area contributed by atoms with Gasteiger partial charge in [-0.25, -0.2) is 8.42 Å². The second-order valence-electron chi connectivity index (χ2n) is 4.90. The third-order valence-electron chi connectivity index (χ3n) is 3.35. The fraction of sp³-hybridized carbons (Fsp3) is 0.286. The summed E-state index contributed by atoms with van der Waals surface area (Å²) in [7, 11) is -3.53. The lowest BCUT2D eigenvalue weighted by atomic mass is 10.3. The number of nitrogen functional groups attached to an aromatic ring is 1. The maximum atomic E-state index is 12.8. The van der Waals surface area contributed by atoms with Crippen LogP contribution in [0.5, 0.6) is 0 Å². The Morgan fingerprint density at radius 3 is 2.55 bits per heavy atom. The normalized spacial score (nSPS) is 15.7. The molecule has 0 bridgehead atoms. The minimum absolute atomic E-state index is 0.113. The molecule has 0 atom stereocenters. The first-order chi connectivity index (χ1) is 9.59. The van der Waals surface area contributed by atoms with E-state index in [0.717, 1.165) is 17.7 Å². The number of anilines is 1. The molecule has 0 spiro atoms. The zero-order chi connectivity index (χ0) is 14.2. The van der Waals surface area contributed by atoms with Crippen LogP contribution in [0.25, 0.3) is 0 Å². The molecule has 1 heterocycles. The van der Waals surface area contributed by atoms with Gasteiger partial charge in [-0.1, -0.05) is 18.2 Å². The maximum Gasteiger partial charge on any atom is 0.245 e. The smallest absolute Gasteiger partial charge is 0.245 e. The van der Waals surface area contributed by atoms with E-state index in [0.29, 0.717) is 12.2 Å². The SMILES string of the molecule is Nc1ccccc1S(=O)(=O)N(Cc1cccs1)C1CC1. The van der Waals surface area contributed by atoms with Crippen molar-refractivity contribution in [1.29, 1.82) is 0 Å². The summed E-state index contributed by atoms with van der Waals surface area (Å²) in [6.07, 6.45) is 1.86. The molecule has 2 aromatic rings. The number of rotatable bonds is 5. The minimum atomic E-state index is -3.53. The highest BCUT2D eigenvalue weighted by molar-refractivity contribution is 7.89. The summed E-state index contributed by atoms with van der Waals surface area (Å²) in [5.41, 5.74) is 6.14. The van der Waals surface area contributed by atoms with Crippen molar-refractivity contribution >= 4 is 27.0 Å². The number of sulfonamides is 1. The molecule has 1 saturated carbocycles. The molecule has 20 heavy (non-hydrogen) atoms. The van der Waals surface area contributed by atoms with Gasteiger partial charge >= 0.3 is 0 Å². The van der Waals surface area contributed by atoms with Crippen LogP contribution in [0.2, 0.25) is 0 Å². The van der Waals surface area contributed by atoms with Gasteiger partial charge in [0, 0.05) is 17.5 Å². The number of nitrogens with two attached hydrogens (primary N) is 1. The lowest BCUT2D eigenvalue weighted by molar-refractivity contribution is 0.402. The number of nitrogens with zero attached hydrogens (tertiary/aromatic N) is 1. The van der Waals surface area contributed by atoms with Crippen molar-refractivity contribution in [2.75, 3.05) is 5.73 Å². The first kappa shape index (κ1) is 13.6. The molecule has 6 heteroatoms. The highest BCUT2D eigenvalue weighted by Gasteiger charge is 2.38. The molecule has 1 aromatic heterocycles. The Morgan fingerprint density at radius 2 is 1.95 bits per heavy atom. The van der Waals surface area contributed by atoms with E-state index in [4.69, 9.17) is 5.73 Å². The fourth-order valence-corrected chi connectivity index (χ4v) is 4.74. The third-order valence-corrected chi connectivity index (χ3v) is 6.19. The van der Waals surface area contributed by atoms with Crippen LogP contribution < -0.4 is 5.73 Å². The molecule has 0 unspecified atom stereocenters. The Kier molecular flexibility index (Phi) is 3.54. The van der Waals surface area contributed by atoms with E-state index in [2.05, 4.69) is 0 Å². The number of hydrogen-bond donors (Lipinski definition) is 1. The molecule has 1 aromatic carbocycles. The topological polar surface area (TPSA) is 63.4 Å². The van der Waals surface area contributed by atoms with Gasteiger partial charge in [-0.15, -0.1) is 11.3 Å². The van der Waals surface area contributed by atoms with Gasteiger partial charge in [-0.3, -0.25) is 0 Å². The summed E-state index contributed by atoms with van der Waals surface area (Å²) in [6, 6.07) is 10.7. The molecule has 4 nitrogen and oxygen atoms in total. The van der Waals surface area contributed by atoms with Crippen molar-refractivity contribution in [2.24, 2.45) is 0 Å². The maximum absolute atomic E-state index is 12.8. The first-order valence-corrected chi connectivity index (χ1v) is 8.80. The lowest BCUT2D eigenvalue weighted by Gasteiger charge is -2.22. The third kappa shape index (κ3) is 2.59. The van der Waals surface area contributed by atoms with E-state index >= 15 is 0 Å². The highest BCUT2D eigenvalue weighted by Crippen LogP contribution is 2.35. The van der Waals surface area contributed by atoms with Crippen LogP contribution in [-0.2, 0) is 16.6 Å². The second kappa shape index (κ2) is 5.20. The van der Waals surface area contributed by atoms with Gasteiger partial charge in [-0.05, 0) is 36.4 Å². The highest BCUT2D eigenvalue weighted by atomic mass is 32.2. The quantitative estimate of drug-likeness (QED) is 0.864. The second-order valence-corrected chi connectivity index (χ2v) is 7.79. The van der Waals surface area contributed by atoms with E-state index in [1.54, 1.807) is 39.9 Å². The van der Waals surface area contributed by atoms with Crippen molar-refractivity contribution in [1.82, 2.24) is 4.31 Å². The van der Waals surface area contributed by atoms with Gasteiger partial charge < -0.3 is 5.73 Å². The van der Waals surface area contributed by atoms with E-state index < -0.39 is 10.0 Å². The van der Waals surface area contributed by atoms with Gasteiger partial charge in [0.25, 0.3) is 0 Å². The zero-order valence-corrected chi connectivity index (χ0v) is 12.5. The zero-order valence-electron chi connectivity index (χ0n) is 10.9. The van der Waals surface area contributed by atoms with Crippen molar-refractivity contribution < 1.29 is 8.42 Å². The molecule has 0 radical (unpaired) electrons. The summed E-state index contributed by atoms with van der Waals surface area (Å²) >= 11 is 1.57. The monoisotopic (exact) mass is 308 g/mol.